The summed E-state index contributed by atoms with van der Waals surface area (Å²) < 4.78 is 11.9. The summed E-state index contributed by atoms with van der Waals surface area (Å²) in [6.45, 7) is 2.68. The van der Waals surface area contributed by atoms with Crippen molar-refractivity contribution in [2.24, 2.45) is 4.99 Å². The van der Waals surface area contributed by atoms with Gasteiger partial charge in [-0.3, -0.25) is 14.9 Å². The third-order valence-corrected chi connectivity index (χ3v) is 6.66. The van der Waals surface area contributed by atoms with Gasteiger partial charge in [-0.25, -0.2) is 4.99 Å². The van der Waals surface area contributed by atoms with E-state index in [2.05, 4.69) is 26.2 Å². The number of hydrogen-bond acceptors (Lipinski definition) is 7. The highest BCUT2D eigenvalue weighted by Crippen LogP contribution is 2.37. The van der Waals surface area contributed by atoms with Crippen molar-refractivity contribution in [1.29, 1.82) is 0 Å². The van der Waals surface area contributed by atoms with Gasteiger partial charge in [0.15, 0.2) is 10.9 Å². The summed E-state index contributed by atoms with van der Waals surface area (Å²) in [4.78, 5) is 27.8. The molecule has 36 heavy (non-hydrogen) atoms. The zero-order chi connectivity index (χ0) is 25.7. The highest BCUT2D eigenvalue weighted by Gasteiger charge is 2.24. The molecule has 1 aliphatic rings. The number of ether oxygens (including phenoxy) is 2. The Balaban J connectivity index is 1.45. The number of nitro groups is 1. The molecule has 0 spiro atoms. The summed E-state index contributed by atoms with van der Waals surface area (Å²) in [6.07, 6.45) is 1.72. The summed E-state index contributed by atoms with van der Waals surface area (Å²) in [5.41, 5.74) is 2.17. The van der Waals surface area contributed by atoms with Crippen LogP contribution in [0.5, 0.6) is 11.5 Å². The van der Waals surface area contributed by atoms with Gasteiger partial charge >= 0.3 is 0 Å². The fraction of sp³-hybridized carbons (Fsp3) is 0.120. The molecule has 1 amide bonds. The molecule has 0 aromatic heterocycles. The lowest BCUT2D eigenvalue weighted by Crippen LogP contribution is -2.19. The molecule has 1 fully saturated rings. The first-order valence-electron chi connectivity index (χ1n) is 10.7. The molecule has 1 saturated heterocycles. The minimum atomic E-state index is -0.455. The normalized spacial score (nSPS) is 15.2. The molecule has 8 nitrogen and oxygen atoms in total. The van der Waals surface area contributed by atoms with E-state index in [9.17, 15) is 14.9 Å². The second-order valence-corrected chi connectivity index (χ2v) is 9.73. The van der Waals surface area contributed by atoms with E-state index >= 15 is 0 Å². The Bertz CT molecular complexity index is 1340. The number of hydrogen-bond donors (Lipinski definition) is 1. The van der Waals surface area contributed by atoms with E-state index in [-0.39, 0.29) is 18.2 Å². The van der Waals surface area contributed by atoms with Gasteiger partial charge < -0.3 is 14.8 Å². The first-order chi connectivity index (χ1) is 17.3. The van der Waals surface area contributed by atoms with E-state index in [0.29, 0.717) is 43.2 Å². The number of carbonyl (C=O) groups is 1. The molecule has 3 aromatic rings. The van der Waals surface area contributed by atoms with Crippen LogP contribution in [0.15, 0.2) is 75.0 Å². The van der Waals surface area contributed by atoms with E-state index in [0.717, 1.165) is 11.3 Å². The fourth-order valence-electron chi connectivity index (χ4n) is 3.20. The van der Waals surface area contributed by atoms with E-state index < -0.39 is 4.92 Å². The molecular formula is C25H19BrClN3O5S. The molecule has 0 atom stereocenters. The summed E-state index contributed by atoms with van der Waals surface area (Å²) in [5.74, 6) is 0.932. The maximum absolute atomic E-state index is 12.5. The molecule has 3 aromatic carbocycles. The lowest BCUT2D eigenvalue weighted by Gasteiger charge is -2.11. The van der Waals surface area contributed by atoms with Crippen LogP contribution in [0.2, 0.25) is 5.02 Å². The standard InChI is InChI=1S/C25H19BrClN3O5S/c1-2-34-19-9-5-17(6-10-19)28-25-29-24(31)22(36-25)13-16-11-20(26)23(21(27)12-16)35-14-15-3-7-18(8-4-15)30(32)33/h3-13H,2,14H2,1H3,(H,28,29,31)/b22-13+. The predicted molar refractivity (Wildman–Crippen MR) is 145 cm³/mol. The Morgan fingerprint density at radius 2 is 1.86 bits per heavy atom. The number of nitro benzene ring substituents is 1. The average Bonchev–Trinajstić information content (AvgIpc) is 3.18. The van der Waals surface area contributed by atoms with E-state index in [4.69, 9.17) is 21.1 Å². The maximum atomic E-state index is 12.5. The second kappa shape index (κ2) is 11.6. The highest BCUT2D eigenvalue weighted by molar-refractivity contribution is 9.10. The Kier molecular flexibility index (Phi) is 8.29. The van der Waals surface area contributed by atoms with Crippen LogP contribution in [0.4, 0.5) is 11.4 Å². The van der Waals surface area contributed by atoms with E-state index in [1.807, 2.05) is 31.2 Å². The third kappa shape index (κ3) is 6.45. The number of aliphatic imine (C=N–C) groups is 1. The molecule has 184 valence electrons. The lowest BCUT2D eigenvalue weighted by atomic mass is 10.2. The first kappa shape index (κ1) is 25.7. The fourth-order valence-corrected chi connectivity index (χ4v) is 5.03. The molecule has 11 heteroatoms. The van der Waals surface area contributed by atoms with Crippen molar-refractivity contribution in [3.63, 3.8) is 0 Å². The summed E-state index contributed by atoms with van der Waals surface area (Å²) in [6, 6.07) is 16.9. The van der Waals surface area contributed by atoms with Gasteiger partial charge in [-0.2, -0.15) is 0 Å². The van der Waals surface area contributed by atoms with Crippen molar-refractivity contribution in [1.82, 2.24) is 5.32 Å². The Morgan fingerprint density at radius 1 is 1.14 bits per heavy atom. The summed E-state index contributed by atoms with van der Waals surface area (Å²) in [7, 11) is 0. The van der Waals surface area contributed by atoms with Crippen LogP contribution >= 0.6 is 39.3 Å². The predicted octanol–water partition coefficient (Wildman–Crippen LogP) is 6.88. The van der Waals surface area contributed by atoms with Gasteiger partial charge in [-0.1, -0.05) is 11.6 Å². The number of amidine groups is 1. The molecule has 0 bridgehead atoms. The zero-order valence-electron chi connectivity index (χ0n) is 18.9. The molecule has 4 rings (SSSR count). The quantitative estimate of drug-likeness (QED) is 0.175. The minimum absolute atomic E-state index is 0.0110. The van der Waals surface area contributed by atoms with Crippen molar-refractivity contribution in [2.75, 3.05) is 6.61 Å². The molecule has 0 saturated carbocycles. The highest BCUT2D eigenvalue weighted by atomic mass is 79.9. The van der Waals surface area contributed by atoms with Crippen LogP contribution in [0.25, 0.3) is 6.08 Å². The monoisotopic (exact) mass is 587 g/mol. The number of non-ortho nitro benzene ring substituents is 1. The van der Waals surface area contributed by atoms with Crippen molar-refractivity contribution in [3.05, 3.63) is 96.3 Å². The molecule has 1 N–H and O–H groups in total. The Labute approximate surface area is 224 Å². The van der Waals surface area contributed by atoms with Gasteiger partial charge in [-0.05, 0) is 100 Å². The Hall–Kier alpha value is -3.34. The maximum Gasteiger partial charge on any atom is 0.269 e. The molecule has 0 radical (unpaired) electrons. The minimum Gasteiger partial charge on any atom is -0.494 e. The van der Waals surface area contributed by atoms with Gasteiger partial charge in [0, 0.05) is 12.1 Å². The van der Waals surface area contributed by atoms with Gasteiger partial charge in [-0.15, -0.1) is 0 Å². The number of nitrogens with one attached hydrogen (secondary N) is 1. The van der Waals surface area contributed by atoms with Crippen molar-refractivity contribution in [2.45, 2.75) is 13.5 Å². The van der Waals surface area contributed by atoms with Crippen LogP contribution in [0.1, 0.15) is 18.1 Å². The topological polar surface area (TPSA) is 103 Å². The molecular weight excluding hydrogens is 570 g/mol. The number of amides is 1. The molecule has 1 heterocycles. The van der Waals surface area contributed by atoms with Gasteiger partial charge in [0.05, 0.1) is 31.6 Å². The van der Waals surface area contributed by atoms with Gasteiger partial charge in [0.1, 0.15) is 12.4 Å². The second-order valence-electron chi connectivity index (χ2n) is 7.43. The Morgan fingerprint density at radius 3 is 2.50 bits per heavy atom. The van der Waals surface area contributed by atoms with Crippen LogP contribution in [-0.2, 0) is 11.4 Å². The number of carbonyl (C=O) groups excluding carboxylic acids is 1. The first-order valence-corrected chi connectivity index (χ1v) is 12.7. The van der Waals surface area contributed by atoms with Crippen LogP contribution < -0.4 is 14.8 Å². The third-order valence-electron chi connectivity index (χ3n) is 4.88. The number of halogens is 2. The largest absolute Gasteiger partial charge is 0.494 e. The van der Waals surface area contributed by atoms with Crippen LogP contribution in [-0.4, -0.2) is 22.6 Å². The SMILES string of the molecule is CCOc1ccc(N=C2NC(=O)/C(=C\c3cc(Cl)c(OCc4ccc([N+](=O)[O-])cc4)c(Br)c3)S2)cc1. The lowest BCUT2D eigenvalue weighted by molar-refractivity contribution is -0.384. The molecule has 1 aliphatic heterocycles. The number of thioether (sulfide) groups is 1. The summed E-state index contributed by atoms with van der Waals surface area (Å²) in [5, 5.41) is 14.4. The van der Waals surface area contributed by atoms with Gasteiger partial charge in [0.2, 0.25) is 0 Å². The van der Waals surface area contributed by atoms with E-state index in [1.165, 1.54) is 23.9 Å². The molecule has 0 aliphatic carbocycles. The van der Waals surface area contributed by atoms with Crippen molar-refractivity contribution < 1.29 is 19.2 Å². The van der Waals surface area contributed by atoms with Gasteiger partial charge in [0.25, 0.3) is 11.6 Å². The van der Waals surface area contributed by atoms with Crippen LogP contribution in [0.3, 0.4) is 0 Å². The molecule has 0 unspecified atom stereocenters. The smallest absolute Gasteiger partial charge is 0.269 e. The number of nitrogens with zero attached hydrogens (tertiary/aromatic N) is 2. The zero-order valence-corrected chi connectivity index (χ0v) is 22.0. The van der Waals surface area contributed by atoms with Crippen molar-refractivity contribution >= 4 is 67.8 Å². The summed E-state index contributed by atoms with van der Waals surface area (Å²) >= 11 is 11.1. The average molecular weight is 589 g/mol. The van der Waals surface area contributed by atoms with Crippen LogP contribution in [0, 0.1) is 10.1 Å². The van der Waals surface area contributed by atoms with E-state index in [1.54, 1.807) is 30.3 Å². The number of benzene rings is 3. The van der Waals surface area contributed by atoms with Crippen molar-refractivity contribution in [3.8, 4) is 11.5 Å². The number of rotatable bonds is 8.